The zero-order valence-corrected chi connectivity index (χ0v) is 13.5. The van der Waals surface area contributed by atoms with Gasteiger partial charge in [0, 0.05) is 6.54 Å². The Hall–Kier alpha value is -2.02. The lowest BCUT2D eigenvalue weighted by molar-refractivity contribution is 0.0996. The van der Waals surface area contributed by atoms with Crippen molar-refractivity contribution in [2.24, 2.45) is 5.73 Å². The number of ether oxygens (including phenoxy) is 1. The summed E-state index contributed by atoms with van der Waals surface area (Å²) in [7, 11) is 0. The largest absolute Gasteiger partial charge is 0.484 e. The molecule has 1 heterocycles. The first-order chi connectivity index (χ1) is 9.95. The van der Waals surface area contributed by atoms with Gasteiger partial charge in [-0.25, -0.2) is 0 Å². The highest BCUT2D eigenvalue weighted by atomic mass is 79.9. The minimum Gasteiger partial charge on any atom is -0.484 e. The topological polar surface area (TPSA) is 96.2 Å². The van der Waals surface area contributed by atoms with Crippen LogP contribution >= 0.6 is 15.9 Å². The molecule has 0 atom stereocenters. The van der Waals surface area contributed by atoms with Crippen LogP contribution in [0.25, 0.3) is 0 Å². The maximum absolute atomic E-state index is 11.4. The second-order valence-corrected chi connectivity index (χ2v) is 5.33. The molecule has 0 saturated heterocycles. The number of anilines is 1. The number of carbonyl (C=O) groups excluding carboxylic acids is 1. The van der Waals surface area contributed by atoms with Crippen LogP contribution in [0.5, 0.6) is 5.75 Å². The minimum absolute atomic E-state index is 0.240. The smallest absolute Gasteiger partial charge is 0.252 e. The average molecular weight is 353 g/mol. The van der Waals surface area contributed by atoms with Crippen molar-refractivity contribution < 1.29 is 9.53 Å². The maximum atomic E-state index is 11.4. The van der Waals surface area contributed by atoms with Crippen LogP contribution in [0.3, 0.4) is 0 Å². The summed E-state index contributed by atoms with van der Waals surface area (Å²) in [5, 5.41) is 4.39. The molecule has 1 amide bonds. The second-order valence-electron chi connectivity index (χ2n) is 4.54. The number of hydrogen-bond acceptors (Lipinski definition) is 4. The summed E-state index contributed by atoms with van der Waals surface area (Å²) in [6.45, 7) is 4.86. The zero-order valence-electron chi connectivity index (χ0n) is 11.9. The van der Waals surface area contributed by atoms with Gasteiger partial charge in [0.25, 0.3) is 5.91 Å². The SMILES string of the molecule is CCn1nc(C)c(Br)c1COc1c(N)cccc1C(N)=O. The van der Waals surface area contributed by atoms with Crippen LogP contribution in [0.1, 0.15) is 28.7 Å². The Morgan fingerprint density at radius 2 is 2.19 bits per heavy atom. The van der Waals surface area contributed by atoms with Gasteiger partial charge in [0.15, 0.2) is 5.75 Å². The van der Waals surface area contributed by atoms with Crippen LogP contribution < -0.4 is 16.2 Å². The molecule has 0 bridgehead atoms. The molecule has 0 fully saturated rings. The van der Waals surface area contributed by atoms with E-state index in [0.717, 1.165) is 22.4 Å². The quantitative estimate of drug-likeness (QED) is 0.806. The van der Waals surface area contributed by atoms with Gasteiger partial charge in [-0.3, -0.25) is 9.48 Å². The molecule has 112 valence electrons. The van der Waals surface area contributed by atoms with E-state index in [4.69, 9.17) is 16.2 Å². The fourth-order valence-corrected chi connectivity index (χ4v) is 2.46. The van der Waals surface area contributed by atoms with Gasteiger partial charge in [0.05, 0.1) is 27.1 Å². The molecule has 7 heteroatoms. The fraction of sp³-hybridized carbons (Fsp3) is 0.286. The molecule has 1 aromatic carbocycles. The van der Waals surface area contributed by atoms with Crippen LogP contribution in [0, 0.1) is 6.92 Å². The lowest BCUT2D eigenvalue weighted by Gasteiger charge is -2.13. The summed E-state index contributed by atoms with van der Waals surface area (Å²) in [6, 6.07) is 4.92. The van der Waals surface area contributed by atoms with Gasteiger partial charge in [0.1, 0.15) is 6.61 Å². The standard InChI is InChI=1S/C14H17BrN4O2/c1-3-19-11(12(15)8(2)18-19)7-21-13-9(14(17)20)5-4-6-10(13)16/h4-6H,3,7,16H2,1-2H3,(H2,17,20). The predicted octanol–water partition coefficient (Wildman–Crippen LogP) is 2.23. The molecule has 0 radical (unpaired) electrons. The summed E-state index contributed by atoms with van der Waals surface area (Å²) < 4.78 is 8.46. The van der Waals surface area contributed by atoms with Crippen molar-refractivity contribution in [2.75, 3.05) is 5.73 Å². The lowest BCUT2D eigenvalue weighted by atomic mass is 10.1. The van der Waals surface area contributed by atoms with Gasteiger partial charge in [-0.1, -0.05) is 6.07 Å². The third kappa shape index (κ3) is 3.02. The third-order valence-electron chi connectivity index (χ3n) is 3.12. The number of nitrogens with zero attached hydrogens (tertiary/aromatic N) is 2. The predicted molar refractivity (Wildman–Crippen MR) is 84.0 cm³/mol. The van der Waals surface area contributed by atoms with Crippen LogP contribution in [-0.2, 0) is 13.2 Å². The maximum Gasteiger partial charge on any atom is 0.252 e. The number of benzene rings is 1. The molecule has 0 saturated carbocycles. The van der Waals surface area contributed by atoms with Crippen molar-refractivity contribution in [1.29, 1.82) is 0 Å². The first-order valence-electron chi connectivity index (χ1n) is 6.48. The molecule has 4 N–H and O–H groups in total. The van der Waals surface area contributed by atoms with Gasteiger partial charge in [-0.2, -0.15) is 5.10 Å². The number of rotatable bonds is 5. The van der Waals surface area contributed by atoms with Crippen LogP contribution in [0.15, 0.2) is 22.7 Å². The summed E-state index contributed by atoms with van der Waals surface area (Å²) in [6.07, 6.45) is 0. The lowest BCUT2D eigenvalue weighted by Crippen LogP contribution is -2.15. The Labute approximate surface area is 131 Å². The van der Waals surface area contributed by atoms with E-state index in [1.165, 1.54) is 0 Å². The molecule has 0 aliphatic carbocycles. The number of carbonyl (C=O) groups is 1. The van der Waals surface area contributed by atoms with Gasteiger partial charge in [-0.05, 0) is 41.9 Å². The van der Waals surface area contributed by atoms with Gasteiger partial charge < -0.3 is 16.2 Å². The van der Waals surface area contributed by atoms with Crippen LogP contribution in [0.2, 0.25) is 0 Å². The number of amides is 1. The highest BCUT2D eigenvalue weighted by Crippen LogP contribution is 2.28. The molecule has 0 unspecified atom stereocenters. The van der Waals surface area contributed by atoms with Crippen molar-refractivity contribution in [3.63, 3.8) is 0 Å². The number of halogens is 1. The van der Waals surface area contributed by atoms with E-state index < -0.39 is 5.91 Å². The Bertz CT molecular complexity index is 682. The molecule has 6 nitrogen and oxygen atoms in total. The van der Waals surface area contributed by atoms with Crippen molar-refractivity contribution >= 4 is 27.5 Å². The highest BCUT2D eigenvalue weighted by molar-refractivity contribution is 9.10. The Morgan fingerprint density at radius 3 is 2.81 bits per heavy atom. The molecule has 21 heavy (non-hydrogen) atoms. The molecule has 2 aromatic rings. The Kier molecular flexibility index (Phi) is 4.52. The fourth-order valence-electron chi connectivity index (χ4n) is 2.06. The summed E-state index contributed by atoms with van der Waals surface area (Å²) >= 11 is 3.50. The summed E-state index contributed by atoms with van der Waals surface area (Å²) in [5.41, 5.74) is 13.6. The Morgan fingerprint density at radius 1 is 1.48 bits per heavy atom. The van der Waals surface area contributed by atoms with E-state index in [2.05, 4.69) is 21.0 Å². The van der Waals surface area contributed by atoms with E-state index in [9.17, 15) is 4.79 Å². The number of primary amides is 1. The van der Waals surface area contributed by atoms with E-state index in [1.54, 1.807) is 18.2 Å². The molecule has 0 aliphatic rings. The molecular formula is C14H17BrN4O2. The average Bonchev–Trinajstić information content (AvgIpc) is 2.72. The molecule has 0 spiro atoms. The second kappa shape index (κ2) is 6.17. The van der Waals surface area contributed by atoms with E-state index in [-0.39, 0.29) is 12.2 Å². The van der Waals surface area contributed by atoms with Crippen molar-refractivity contribution in [3.05, 3.63) is 39.6 Å². The first-order valence-corrected chi connectivity index (χ1v) is 7.27. The van der Waals surface area contributed by atoms with E-state index in [0.29, 0.717) is 11.4 Å². The van der Waals surface area contributed by atoms with Gasteiger partial charge in [0.2, 0.25) is 0 Å². The monoisotopic (exact) mass is 352 g/mol. The van der Waals surface area contributed by atoms with Crippen molar-refractivity contribution in [2.45, 2.75) is 27.0 Å². The number of nitrogen functional groups attached to an aromatic ring is 1. The molecular weight excluding hydrogens is 336 g/mol. The molecule has 2 rings (SSSR count). The molecule has 1 aromatic heterocycles. The number of aromatic nitrogens is 2. The summed E-state index contributed by atoms with van der Waals surface area (Å²) in [4.78, 5) is 11.4. The number of hydrogen-bond donors (Lipinski definition) is 2. The third-order valence-corrected chi connectivity index (χ3v) is 4.15. The van der Waals surface area contributed by atoms with E-state index in [1.807, 2.05) is 18.5 Å². The zero-order chi connectivity index (χ0) is 15.6. The van der Waals surface area contributed by atoms with Gasteiger partial charge in [-0.15, -0.1) is 0 Å². The van der Waals surface area contributed by atoms with E-state index >= 15 is 0 Å². The highest BCUT2D eigenvalue weighted by Gasteiger charge is 2.16. The normalized spacial score (nSPS) is 10.6. The van der Waals surface area contributed by atoms with Crippen LogP contribution in [-0.4, -0.2) is 15.7 Å². The summed E-state index contributed by atoms with van der Waals surface area (Å²) in [5.74, 6) is -0.269. The van der Waals surface area contributed by atoms with Gasteiger partial charge >= 0.3 is 0 Å². The van der Waals surface area contributed by atoms with Crippen LogP contribution in [0.4, 0.5) is 5.69 Å². The first kappa shape index (κ1) is 15.4. The molecule has 0 aliphatic heterocycles. The number of aryl methyl sites for hydroxylation is 2. The van der Waals surface area contributed by atoms with Crippen molar-refractivity contribution in [3.8, 4) is 5.75 Å². The minimum atomic E-state index is -0.573. The number of para-hydroxylation sites is 1. The van der Waals surface area contributed by atoms with Crippen molar-refractivity contribution in [1.82, 2.24) is 9.78 Å². The Balaban J connectivity index is 2.31. The number of nitrogens with two attached hydrogens (primary N) is 2.